The van der Waals surface area contributed by atoms with Crippen LogP contribution in [0.5, 0.6) is 5.75 Å². The Hall–Kier alpha value is -2.77. The molecule has 6 nitrogen and oxygen atoms in total. The molecule has 126 valence electrons. The van der Waals surface area contributed by atoms with Gasteiger partial charge in [-0.2, -0.15) is 8.78 Å². The molecule has 2 N–H and O–H groups in total. The third-order valence-corrected chi connectivity index (χ3v) is 3.92. The number of carbonyl (C=O) groups is 1. The fraction of sp³-hybridized carbons (Fsp3) is 0.312. The van der Waals surface area contributed by atoms with Crippen LogP contribution in [0.2, 0.25) is 0 Å². The number of nitrogens with two attached hydrogens (primary N) is 1. The van der Waals surface area contributed by atoms with Gasteiger partial charge in [-0.1, -0.05) is 12.1 Å². The highest BCUT2D eigenvalue weighted by molar-refractivity contribution is 5.78. The number of amides is 1. The lowest BCUT2D eigenvalue weighted by Crippen LogP contribution is -2.27. The number of benzene rings is 1. The summed E-state index contributed by atoms with van der Waals surface area (Å²) in [6, 6.07) is 9.82. The monoisotopic (exact) mass is 334 g/mol. The van der Waals surface area contributed by atoms with Crippen LogP contribution in [0.15, 0.2) is 36.4 Å². The van der Waals surface area contributed by atoms with Crippen LogP contribution in [0.4, 0.5) is 14.6 Å². The van der Waals surface area contributed by atoms with E-state index in [4.69, 9.17) is 5.73 Å². The Balaban J connectivity index is 1.74. The Kier molecular flexibility index (Phi) is 4.54. The number of hydrogen-bond donors (Lipinski definition) is 1. The normalized spacial score (nSPS) is 17.3. The lowest BCUT2D eigenvalue weighted by Gasteiger charge is -2.16. The lowest BCUT2D eigenvalue weighted by molar-refractivity contribution is -0.121. The smallest absolute Gasteiger partial charge is 0.387 e. The minimum Gasteiger partial charge on any atom is -0.435 e. The summed E-state index contributed by atoms with van der Waals surface area (Å²) >= 11 is 0. The number of ether oxygens (including phenoxy) is 1. The van der Waals surface area contributed by atoms with E-state index in [1.807, 2.05) is 4.90 Å². The summed E-state index contributed by atoms with van der Waals surface area (Å²) in [5, 5.41) is 8.29. The van der Waals surface area contributed by atoms with E-state index in [1.165, 1.54) is 12.1 Å². The maximum atomic E-state index is 12.3. The molecule has 1 fully saturated rings. The summed E-state index contributed by atoms with van der Waals surface area (Å²) in [6.07, 6.45) is 0.700. The van der Waals surface area contributed by atoms with Crippen molar-refractivity contribution in [3.63, 3.8) is 0 Å². The van der Waals surface area contributed by atoms with Gasteiger partial charge in [0.2, 0.25) is 5.91 Å². The number of primary amides is 1. The zero-order valence-electron chi connectivity index (χ0n) is 12.7. The highest BCUT2D eigenvalue weighted by Crippen LogP contribution is 2.26. The number of anilines is 1. The van der Waals surface area contributed by atoms with Gasteiger partial charge >= 0.3 is 6.61 Å². The Morgan fingerprint density at radius 3 is 2.75 bits per heavy atom. The first-order valence-electron chi connectivity index (χ1n) is 7.46. The van der Waals surface area contributed by atoms with Gasteiger partial charge in [0.25, 0.3) is 0 Å². The average molecular weight is 334 g/mol. The Labute approximate surface area is 137 Å². The van der Waals surface area contributed by atoms with Crippen molar-refractivity contribution in [1.29, 1.82) is 0 Å². The first kappa shape index (κ1) is 16.1. The molecule has 3 rings (SSSR count). The van der Waals surface area contributed by atoms with E-state index in [0.717, 1.165) is 0 Å². The van der Waals surface area contributed by atoms with E-state index in [0.29, 0.717) is 36.6 Å². The van der Waals surface area contributed by atoms with Crippen LogP contribution in [0.3, 0.4) is 0 Å². The molecule has 2 heterocycles. The molecule has 24 heavy (non-hydrogen) atoms. The Bertz CT molecular complexity index is 724. The van der Waals surface area contributed by atoms with Crippen LogP contribution in [0, 0.1) is 5.92 Å². The first-order chi connectivity index (χ1) is 11.5. The molecular formula is C16H16F2N4O2. The van der Waals surface area contributed by atoms with Gasteiger partial charge in [0.05, 0.1) is 11.6 Å². The van der Waals surface area contributed by atoms with Crippen molar-refractivity contribution in [3.05, 3.63) is 36.4 Å². The van der Waals surface area contributed by atoms with E-state index in [9.17, 15) is 13.6 Å². The number of aromatic nitrogens is 2. The van der Waals surface area contributed by atoms with Crippen LogP contribution in [-0.2, 0) is 4.79 Å². The summed E-state index contributed by atoms with van der Waals surface area (Å²) in [5.41, 5.74) is 6.49. The van der Waals surface area contributed by atoms with Crippen molar-refractivity contribution in [3.8, 4) is 17.0 Å². The Morgan fingerprint density at radius 1 is 1.29 bits per heavy atom. The first-order valence-corrected chi connectivity index (χ1v) is 7.46. The van der Waals surface area contributed by atoms with E-state index < -0.39 is 6.61 Å². The largest absolute Gasteiger partial charge is 0.435 e. The number of hydrogen-bond acceptors (Lipinski definition) is 5. The van der Waals surface area contributed by atoms with Gasteiger partial charge in [0.15, 0.2) is 5.82 Å². The van der Waals surface area contributed by atoms with Crippen molar-refractivity contribution in [2.24, 2.45) is 11.7 Å². The molecule has 0 unspecified atom stereocenters. The number of rotatable bonds is 5. The molecule has 0 aliphatic carbocycles. The maximum absolute atomic E-state index is 12.3. The van der Waals surface area contributed by atoms with E-state index in [-0.39, 0.29) is 17.6 Å². The third kappa shape index (κ3) is 3.58. The van der Waals surface area contributed by atoms with Crippen LogP contribution in [-0.4, -0.2) is 35.8 Å². The van der Waals surface area contributed by atoms with Gasteiger partial charge in [-0.3, -0.25) is 4.79 Å². The molecule has 0 bridgehead atoms. The minimum atomic E-state index is -2.87. The topological polar surface area (TPSA) is 81.3 Å². The third-order valence-electron chi connectivity index (χ3n) is 3.92. The van der Waals surface area contributed by atoms with Crippen LogP contribution in [0.25, 0.3) is 11.3 Å². The molecule has 8 heteroatoms. The standard InChI is InChI=1S/C16H16F2N4O2/c17-16(18)24-12-3-1-2-10(8-12)13-4-5-14(21-20-13)22-7-6-11(9-22)15(19)23/h1-5,8,11,16H,6-7,9H2,(H2,19,23)/t11-/m0/s1. The number of alkyl halides is 2. The summed E-state index contributed by atoms with van der Waals surface area (Å²) in [6.45, 7) is -1.65. The zero-order valence-corrected chi connectivity index (χ0v) is 12.7. The molecule has 1 aliphatic heterocycles. The zero-order chi connectivity index (χ0) is 17.1. The predicted molar refractivity (Wildman–Crippen MR) is 83.6 cm³/mol. The summed E-state index contributed by atoms with van der Waals surface area (Å²) in [4.78, 5) is 13.2. The lowest BCUT2D eigenvalue weighted by atomic mass is 10.1. The molecule has 1 saturated heterocycles. The molecule has 0 saturated carbocycles. The van der Waals surface area contributed by atoms with Gasteiger partial charge in [0.1, 0.15) is 5.75 Å². The second-order valence-electron chi connectivity index (χ2n) is 5.52. The molecule has 1 aromatic carbocycles. The highest BCUT2D eigenvalue weighted by atomic mass is 19.3. The van der Waals surface area contributed by atoms with Crippen LogP contribution >= 0.6 is 0 Å². The fourth-order valence-corrected chi connectivity index (χ4v) is 2.68. The van der Waals surface area contributed by atoms with Gasteiger partial charge < -0.3 is 15.4 Å². The summed E-state index contributed by atoms with van der Waals surface area (Å²) < 4.78 is 28.9. The Morgan fingerprint density at radius 2 is 2.12 bits per heavy atom. The molecule has 1 aliphatic rings. The van der Waals surface area contributed by atoms with Gasteiger partial charge in [-0.25, -0.2) is 0 Å². The van der Waals surface area contributed by atoms with Crippen molar-refractivity contribution < 1.29 is 18.3 Å². The average Bonchev–Trinajstić information content (AvgIpc) is 3.05. The summed E-state index contributed by atoms with van der Waals surface area (Å²) in [7, 11) is 0. The molecule has 0 radical (unpaired) electrons. The van der Waals surface area contributed by atoms with E-state index in [2.05, 4.69) is 14.9 Å². The highest BCUT2D eigenvalue weighted by Gasteiger charge is 2.27. The van der Waals surface area contributed by atoms with Gasteiger partial charge in [-0.15, -0.1) is 10.2 Å². The van der Waals surface area contributed by atoms with Crippen molar-refractivity contribution in [2.75, 3.05) is 18.0 Å². The summed E-state index contributed by atoms with van der Waals surface area (Å²) in [5.74, 6) is 0.243. The second kappa shape index (κ2) is 6.77. The van der Waals surface area contributed by atoms with Crippen molar-refractivity contribution in [2.45, 2.75) is 13.0 Å². The number of nitrogens with zero attached hydrogens (tertiary/aromatic N) is 3. The van der Waals surface area contributed by atoms with Crippen molar-refractivity contribution >= 4 is 11.7 Å². The molecule has 0 spiro atoms. The van der Waals surface area contributed by atoms with Crippen LogP contribution < -0.4 is 15.4 Å². The van der Waals surface area contributed by atoms with Crippen molar-refractivity contribution in [1.82, 2.24) is 10.2 Å². The van der Waals surface area contributed by atoms with E-state index in [1.54, 1.807) is 24.3 Å². The molecule has 1 amide bonds. The SMILES string of the molecule is NC(=O)[C@H]1CCN(c2ccc(-c3cccc(OC(F)F)c3)nn2)C1. The van der Waals surface area contributed by atoms with Gasteiger partial charge in [0, 0.05) is 18.7 Å². The molecular weight excluding hydrogens is 318 g/mol. The number of carbonyl (C=O) groups excluding carboxylic acids is 1. The fourth-order valence-electron chi connectivity index (χ4n) is 2.68. The molecule has 1 aromatic heterocycles. The van der Waals surface area contributed by atoms with Crippen LogP contribution in [0.1, 0.15) is 6.42 Å². The van der Waals surface area contributed by atoms with Gasteiger partial charge in [-0.05, 0) is 30.7 Å². The quantitative estimate of drug-likeness (QED) is 0.905. The van der Waals surface area contributed by atoms with E-state index >= 15 is 0 Å². The maximum Gasteiger partial charge on any atom is 0.387 e. The molecule has 2 aromatic rings. The molecule has 1 atom stereocenters. The predicted octanol–water partition coefficient (Wildman–Crippen LogP) is 2.06. The second-order valence-corrected chi connectivity index (χ2v) is 5.52. The number of halogens is 2. The minimum absolute atomic E-state index is 0.0669.